The quantitative estimate of drug-likeness (QED) is 0.579. The van der Waals surface area contributed by atoms with Crippen molar-refractivity contribution in [2.24, 2.45) is 0 Å². The second kappa shape index (κ2) is 8.59. The first kappa shape index (κ1) is 18.1. The highest BCUT2D eigenvalue weighted by Gasteiger charge is 2.28. The minimum atomic E-state index is -0.288. The second-order valence-corrected chi connectivity index (χ2v) is 6.67. The number of ether oxygens (including phenoxy) is 1. The van der Waals surface area contributed by atoms with Crippen molar-refractivity contribution in [1.82, 2.24) is 24.9 Å². The number of urea groups is 1. The molecule has 9 nitrogen and oxygen atoms in total. The largest absolute Gasteiger partial charge is 0.379 e. The van der Waals surface area contributed by atoms with Crippen LogP contribution in [0.4, 0.5) is 4.79 Å². The summed E-state index contributed by atoms with van der Waals surface area (Å²) < 4.78 is 5.31. The van der Waals surface area contributed by atoms with Gasteiger partial charge in [0.25, 0.3) is 0 Å². The van der Waals surface area contributed by atoms with Crippen LogP contribution in [0.5, 0.6) is 0 Å². The Morgan fingerprint density at radius 1 is 0.960 bits per heavy atom. The molecule has 0 radical (unpaired) electrons. The molecule has 0 aliphatic carbocycles. The monoisotopic (exact) mass is 353 g/mol. The number of carbonyl (C=O) groups is 3. The highest BCUT2D eigenvalue weighted by molar-refractivity contribution is 6.01. The van der Waals surface area contributed by atoms with Gasteiger partial charge in [-0.25, -0.2) is 4.79 Å². The molecule has 3 aliphatic heterocycles. The number of hydrogen-bond acceptors (Lipinski definition) is 6. The molecule has 0 saturated carbocycles. The van der Waals surface area contributed by atoms with Gasteiger partial charge in [-0.05, 0) is 13.0 Å². The molecule has 0 bridgehead atoms. The Hall–Kier alpha value is -1.71. The van der Waals surface area contributed by atoms with Crippen molar-refractivity contribution in [3.05, 3.63) is 0 Å². The van der Waals surface area contributed by atoms with Gasteiger partial charge in [-0.2, -0.15) is 0 Å². The summed E-state index contributed by atoms with van der Waals surface area (Å²) in [5.41, 5.74) is 0. The third-order valence-electron chi connectivity index (χ3n) is 4.98. The average molecular weight is 353 g/mol. The third-order valence-corrected chi connectivity index (χ3v) is 4.98. The topological polar surface area (TPSA) is 85.4 Å². The lowest BCUT2D eigenvalue weighted by atomic mass is 10.2. The minimum absolute atomic E-state index is 0.114. The van der Waals surface area contributed by atoms with Gasteiger partial charge in [-0.15, -0.1) is 0 Å². The maximum absolute atomic E-state index is 12.4. The zero-order valence-electron chi connectivity index (χ0n) is 14.6. The van der Waals surface area contributed by atoms with Gasteiger partial charge in [0.2, 0.25) is 11.8 Å². The molecule has 0 aromatic heterocycles. The molecule has 0 aromatic rings. The number of rotatable bonds is 6. The number of nitrogens with zero attached hydrogens (tertiary/aromatic N) is 4. The zero-order valence-corrected chi connectivity index (χ0v) is 14.6. The van der Waals surface area contributed by atoms with Crippen molar-refractivity contribution in [3.63, 3.8) is 0 Å². The Morgan fingerprint density at radius 3 is 2.32 bits per heavy atom. The van der Waals surface area contributed by atoms with Crippen LogP contribution in [0, 0.1) is 0 Å². The van der Waals surface area contributed by atoms with Crippen LogP contribution in [0.3, 0.4) is 0 Å². The van der Waals surface area contributed by atoms with Crippen LogP contribution in [0.25, 0.3) is 0 Å². The summed E-state index contributed by atoms with van der Waals surface area (Å²) in [6.45, 7) is 8.13. The minimum Gasteiger partial charge on any atom is -0.379 e. The van der Waals surface area contributed by atoms with Gasteiger partial charge in [0.15, 0.2) is 0 Å². The van der Waals surface area contributed by atoms with Crippen LogP contribution in [0.15, 0.2) is 0 Å². The van der Waals surface area contributed by atoms with E-state index < -0.39 is 0 Å². The van der Waals surface area contributed by atoms with E-state index in [1.807, 2.05) is 4.90 Å². The number of carbonyl (C=O) groups excluding carboxylic acids is 3. The molecule has 0 spiro atoms. The highest BCUT2D eigenvalue weighted by atomic mass is 16.5. The molecule has 1 N–H and O–H groups in total. The van der Waals surface area contributed by atoms with Crippen molar-refractivity contribution in [2.45, 2.75) is 6.42 Å². The summed E-state index contributed by atoms with van der Waals surface area (Å²) in [4.78, 5) is 43.0. The van der Waals surface area contributed by atoms with Crippen LogP contribution in [-0.2, 0) is 14.3 Å². The van der Waals surface area contributed by atoms with Crippen molar-refractivity contribution < 1.29 is 19.1 Å². The third kappa shape index (κ3) is 4.90. The van der Waals surface area contributed by atoms with E-state index in [9.17, 15) is 14.4 Å². The fourth-order valence-corrected chi connectivity index (χ4v) is 3.41. The van der Waals surface area contributed by atoms with E-state index in [0.717, 1.165) is 52.2 Å². The molecule has 0 unspecified atom stereocenters. The number of hydrogen-bond donors (Lipinski definition) is 1. The molecular formula is C16H27N5O4. The molecule has 3 heterocycles. The van der Waals surface area contributed by atoms with Gasteiger partial charge in [-0.1, -0.05) is 0 Å². The number of nitrogens with one attached hydrogen (secondary N) is 1. The first-order chi connectivity index (χ1) is 12.1. The summed E-state index contributed by atoms with van der Waals surface area (Å²) in [6.07, 6.45) is 0.765. The summed E-state index contributed by atoms with van der Waals surface area (Å²) in [6, 6.07) is -0.288. The average Bonchev–Trinajstić information content (AvgIpc) is 2.95. The molecule has 3 aliphatic rings. The van der Waals surface area contributed by atoms with Crippen LogP contribution in [-0.4, -0.2) is 116 Å². The second-order valence-electron chi connectivity index (χ2n) is 6.67. The first-order valence-electron chi connectivity index (χ1n) is 9.02. The molecule has 140 valence electrons. The SMILES string of the molecule is O=C(CN1CCOCC1)N1CCN(CCCN2C(=O)CNC2=O)CC1. The zero-order chi connectivity index (χ0) is 17.6. The molecule has 3 fully saturated rings. The van der Waals surface area contributed by atoms with Gasteiger partial charge < -0.3 is 15.0 Å². The smallest absolute Gasteiger partial charge is 0.324 e. The Kier molecular flexibility index (Phi) is 6.22. The number of piperazine rings is 1. The molecule has 9 heteroatoms. The van der Waals surface area contributed by atoms with Crippen LogP contribution >= 0.6 is 0 Å². The predicted octanol–water partition coefficient (Wildman–Crippen LogP) is -1.60. The Labute approximate surface area is 147 Å². The molecule has 3 saturated heterocycles. The normalized spacial score (nSPS) is 23.2. The lowest BCUT2D eigenvalue weighted by Crippen LogP contribution is -2.52. The molecular weight excluding hydrogens is 326 g/mol. The lowest BCUT2D eigenvalue weighted by molar-refractivity contribution is -0.135. The highest BCUT2D eigenvalue weighted by Crippen LogP contribution is 2.07. The van der Waals surface area contributed by atoms with Crippen LogP contribution < -0.4 is 5.32 Å². The molecule has 25 heavy (non-hydrogen) atoms. The van der Waals surface area contributed by atoms with E-state index in [1.165, 1.54) is 4.90 Å². The standard InChI is InChI=1S/C16H27N5O4/c22-14-12-17-16(24)21(14)3-1-2-18-4-6-20(7-5-18)15(23)13-19-8-10-25-11-9-19/h1-13H2,(H,17,24). The summed E-state index contributed by atoms with van der Waals surface area (Å²) in [7, 11) is 0. The summed E-state index contributed by atoms with van der Waals surface area (Å²) in [5.74, 6) is 0.0458. The molecule has 0 atom stereocenters. The van der Waals surface area contributed by atoms with Gasteiger partial charge >= 0.3 is 6.03 Å². The Bertz CT molecular complexity index is 485. The first-order valence-corrected chi connectivity index (χ1v) is 9.02. The summed E-state index contributed by atoms with van der Waals surface area (Å²) >= 11 is 0. The van der Waals surface area contributed by atoms with E-state index in [4.69, 9.17) is 4.74 Å². The number of imide groups is 1. The van der Waals surface area contributed by atoms with Crippen molar-refractivity contribution >= 4 is 17.8 Å². The lowest BCUT2D eigenvalue weighted by Gasteiger charge is -2.36. The molecule has 4 amide bonds. The van der Waals surface area contributed by atoms with Gasteiger partial charge in [0, 0.05) is 45.8 Å². The van der Waals surface area contributed by atoms with Crippen LogP contribution in [0.2, 0.25) is 0 Å². The Balaban J connectivity index is 1.32. The van der Waals surface area contributed by atoms with Crippen LogP contribution in [0.1, 0.15) is 6.42 Å². The molecule has 0 aromatic carbocycles. The van der Waals surface area contributed by atoms with Gasteiger partial charge in [0.05, 0.1) is 26.3 Å². The van der Waals surface area contributed by atoms with Gasteiger partial charge in [0.1, 0.15) is 0 Å². The maximum atomic E-state index is 12.4. The number of morpholine rings is 1. The number of amides is 4. The molecule has 3 rings (SSSR count). The fraction of sp³-hybridized carbons (Fsp3) is 0.812. The van der Waals surface area contributed by atoms with Crippen molar-refractivity contribution in [3.8, 4) is 0 Å². The van der Waals surface area contributed by atoms with E-state index in [0.29, 0.717) is 26.3 Å². The fourth-order valence-electron chi connectivity index (χ4n) is 3.41. The predicted molar refractivity (Wildman–Crippen MR) is 90.0 cm³/mol. The van der Waals surface area contributed by atoms with Crippen molar-refractivity contribution in [2.75, 3.05) is 78.7 Å². The van der Waals surface area contributed by atoms with E-state index in [1.54, 1.807) is 0 Å². The van der Waals surface area contributed by atoms with Gasteiger partial charge in [-0.3, -0.25) is 24.3 Å². The maximum Gasteiger partial charge on any atom is 0.324 e. The van der Waals surface area contributed by atoms with E-state index in [2.05, 4.69) is 15.1 Å². The Morgan fingerprint density at radius 2 is 1.68 bits per heavy atom. The van der Waals surface area contributed by atoms with E-state index >= 15 is 0 Å². The van der Waals surface area contributed by atoms with E-state index in [-0.39, 0.29) is 24.4 Å². The summed E-state index contributed by atoms with van der Waals surface area (Å²) in [5, 5.41) is 2.53. The van der Waals surface area contributed by atoms with Crippen molar-refractivity contribution in [1.29, 1.82) is 0 Å².